The predicted molar refractivity (Wildman–Crippen MR) is 218 cm³/mol. The van der Waals surface area contributed by atoms with Gasteiger partial charge in [-0.15, -0.1) is 0 Å². The maximum absolute atomic E-state index is 6.17. The van der Waals surface area contributed by atoms with Crippen LogP contribution in [0.15, 0.2) is 43.2 Å². The molecular formula is C40H58Br4O2. The fraction of sp³-hybridized carbons (Fsp3) is 0.600. The summed E-state index contributed by atoms with van der Waals surface area (Å²) in [7, 11) is 0. The highest BCUT2D eigenvalue weighted by molar-refractivity contribution is 9.28. The van der Waals surface area contributed by atoms with Crippen molar-refractivity contribution in [3.05, 3.63) is 65.4 Å². The fourth-order valence-corrected chi connectivity index (χ4v) is 6.43. The van der Waals surface area contributed by atoms with Crippen molar-refractivity contribution in [3.63, 3.8) is 0 Å². The van der Waals surface area contributed by atoms with Crippen molar-refractivity contribution in [1.29, 1.82) is 0 Å². The van der Waals surface area contributed by atoms with E-state index in [0.29, 0.717) is 0 Å². The van der Waals surface area contributed by atoms with Crippen LogP contribution in [0, 0.1) is 0 Å². The smallest absolute Gasteiger partial charge is 0.126 e. The van der Waals surface area contributed by atoms with Crippen LogP contribution in [0.2, 0.25) is 0 Å². The van der Waals surface area contributed by atoms with Crippen LogP contribution in [-0.2, 0) is 10.8 Å². The first-order valence-electron chi connectivity index (χ1n) is 17.4. The van der Waals surface area contributed by atoms with E-state index < -0.39 is 0 Å². The molecule has 0 aliphatic heterocycles. The molecule has 2 aromatic rings. The van der Waals surface area contributed by atoms with Crippen molar-refractivity contribution >= 4 is 75.9 Å². The molecule has 0 atom stereocenters. The quantitative estimate of drug-likeness (QED) is 0.116. The molecular weight excluding hydrogens is 832 g/mol. The molecule has 46 heavy (non-hydrogen) atoms. The number of hydrogen-bond acceptors (Lipinski definition) is 2. The Balaban J connectivity index is 1.46. The van der Waals surface area contributed by atoms with Gasteiger partial charge < -0.3 is 9.47 Å². The van der Waals surface area contributed by atoms with Crippen molar-refractivity contribution in [1.82, 2.24) is 0 Å². The van der Waals surface area contributed by atoms with Crippen LogP contribution >= 0.6 is 63.7 Å². The van der Waals surface area contributed by atoms with Crippen molar-refractivity contribution in [3.8, 4) is 11.5 Å². The molecule has 0 saturated carbocycles. The second-order valence-corrected chi connectivity index (χ2v) is 20.1. The lowest BCUT2D eigenvalue weighted by molar-refractivity contribution is 0.303. The third-order valence-electron chi connectivity index (χ3n) is 8.33. The molecule has 2 aromatic carbocycles. The molecule has 0 spiro atoms. The van der Waals surface area contributed by atoms with E-state index in [4.69, 9.17) is 9.47 Å². The van der Waals surface area contributed by atoms with E-state index >= 15 is 0 Å². The molecule has 2 rings (SSSR count). The topological polar surface area (TPSA) is 18.5 Å². The second kappa shape index (κ2) is 22.2. The Bertz CT molecular complexity index is 1120. The third-order valence-corrected chi connectivity index (χ3v) is 9.25. The van der Waals surface area contributed by atoms with Gasteiger partial charge in [0.2, 0.25) is 0 Å². The van der Waals surface area contributed by atoms with E-state index in [9.17, 15) is 0 Å². The predicted octanol–water partition coefficient (Wildman–Crippen LogP) is 15.4. The van der Waals surface area contributed by atoms with E-state index in [0.717, 1.165) is 55.5 Å². The molecule has 0 bridgehead atoms. The van der Waals surface area contributed by atoms with Crippen LogP contribution in [-0.4, -0.2) is 13.2 Å². The zero-order valence-corrected chi connectivity index (χ0v) is 35.6. The molecule has 0 N–H and O–H groups in total. The van der Waals surface area contributed by atoms with Crippen LogP contribution in [0.3, 0.4) is 0 Å². The maximum atomic E-state index is 6.17. The Kier molecular flexibility index (Phi) is 20.1. The van der Waals surface area contributed by atoms with Gasteiger partial charge in [0.1, 0.15) is 11.5 Å². The molecule has 0 saturated heterocycles. The van der Waals surface area contributed by atoms with Gasteiger partial charge in [-0.3, -0.25) is 0 Å². The lowest BCUT2D eigenvalue weighted by atomic mass is 9.86. The first kappa shape index (κ1) is 41.6. The average molecular weight is 891 g/mol. The largest absolute Gasteiger partial charge is 0.493 e. The number of hydrogen-bond donors (Lipinski definition) is 0. The van der Waals surface area contributed by atoms with Gasteiger partial charge in [0.15, 0.2) is 0 Å². The number of unbranched alkanes of at least 4 members (excludes halogenated alkanes) is 13. The lowest BCUT2D eigenvalue weighted by Crippen LogP contribution is -2.11. The molecule has 6 heteroatoms. The molecule has 0 aliphatic carbocycles. The summed E-state index contributed by atoms with van der Waals surface area (Å²) < 4.78 is 14.2. The molecule has 0 aromatic heterocycles. The zero-order valence-electron chi connectivity index (χ0n) is 29.3. The SMILES string of the molecule is CC(C)(C)c1ccc(OCCCCCCCCCCCCCCCCOc2ccc(C(C)(C)C)cc2C=C(Br)Br)c(C=C(Br)Br)c1. The van der Waals surface area contributed by atoms with Crippen molar-refractivity contribution in [2.24, 2.45) is 0 Å². The molecule has 0 fully saturated rings. The minimum Gasteiger partial charge on any atom is -0.493 e. The minimum absolute atomic E-state index is 0.117. The number of rotatable bonds is 21. The molecule has 258 valence electrons. The van der Waals surface area contributed by atoms with Gasteiger partial charge in [-0.1, -0.05) is 131 Å². The van der Waals surface area contributed by atoms with Gasteiger partial charge in [-0.05, 0) is 135 Å². The van der Waals surface area contributed by atoms with Gasteiger partial charge in [-0.25, -0.2) is 0 Å². The average Bonchev–Trinajstić information content (AvgIpc) is 2.96. The molecule has 0 aliphatic rings. The molecule has 0 radical (unpaired) electrons. The summed E-state index contributed by atoms with van der Waals surface area (Å²) in [5.41, 5.74) is 5.10. The van der Waals surface area contributed by atoms with E-state index in [-0.39, 0.29) is 10.8 Å². The highest BCUT2D eigenvalue weighted by Gasteiger charge is 2.17. The summed E-state index contributed by atoms with van der Waals surface area (Å²) in [6.45, 7) is 15.0. The first-order valence-corrected chi connectivity index (χ1v) is 20.5. The highest BCUT2D eigenvalue weighted by Crippen LogP contribution is 2.33. The standard InChI is InChI=1S/C40H58Br4O2/c1-39(2,3)33-21-23-35(31(27-33)29-37(41)42)45-25-19-17-15-13-11-9-7-8-10-12-14-16-18-20-26-46-36-24-22-34(40(4,5)6)28-32(36)30-38(43)44/h21-24,27-30H,7-20,25-26H2,1-6H3. The Morgan fingerprint density at radius 3 is 1.02 bits per heavy atom. The monoisotopic (exact) mass is 886 g/mol. The lowest BCUT2D eigenvalue weighted by Gasteiger charge is -2.21. The summed E-state index contributed by atoms with van der Waals surface area (Å²) in [6, 6.07) is 13.1. The maximum Gasteiger partial charge on any atom is 0.126 e. The zero-order chi connectivity index (χ0) is 34.0. The van der Waals surface area contributed by atoms with E-state index in [1.807, 2.05) is 0 Å². The van der Waals surface area contributed by atoms with Crippen LogP contribution < -0.4 is 9.47 Å². The molecule has 0 unspecified atom stereocenters. The van der Waals surface area contributed by atoms with Gasteiger partial charge in [0.05, 0.1) is 20.0 Å². The van der Waals surface area contributed by atoms with Crippen molar-refractivity contribution in [2.75, 3.05) is 13.2 Å². The summed E-state index contributed by atoms with van der Waals surface area (Å²) in [4.78, 5) is 0. The third kappa shape index (κ3) is 17.7. The van der Waals surface area contributed by atoms with Gasteiger partial charge in [-0.2, -0.15) is 0 Å². The summed E-state index contributed by atoms with van der Waals surface area (Å²) in [5, 5.41) is 0. The van der Waals surface area contributed by atoms with Gasteiger partial charge in [0.25, 0.3) is 0 Å². The number of benzene rings is 2. The number of halogens is 4. The highest BCUT2D eigenvalue weighted by atomic mass is 79.9. The van der Waals surface area contributed by atoms with Crippen LogP contribution in [0.5, 0.6) is 11.5 Å². The summed E-state index contributed by atoms with van der Waals surface area (Å²) >= 11 is 14.0. The Hall–Kier alpha value is -0.560. The van der Waals surface area contributed by atoms with E-state index in [1.54, 1.807) is 0 Å². The Morgan fingerprint density at radius 2 is 0.761 bits per heavy atom. The number of ether oxygens (including phenoxy) is 2. The Labute approximate surface area is 315 Å². The van der Waals surface area contributed by atoms with Crippen LogP contribution in [0.4, 0.5) is 0 Å². The normalized spacial score (nSPS) is 11.8. The van der Waals surface area contributed by atoms with Crippen molar-refractivity contribution in [2.45, 2.75) is 142 Å². The summed E-state index contributed by atoms with van der Waals surface area (Å²) in [6.07, 6.45) is 22.5. The van der Waals surface area contributed by atoms with E-state index in [2.05, 4.69) is 154 Å². The first-order chi connectivity index (χ1) is 21.8. The van der Waals surface area contributed by atoms with Crippen molar-refractivity contribution < 1.29 is 9.47 Å². The molecule has 0 heterocycles. The van der Waals surface area contributed by atoms with E-state index in [1.165, 1.54) is 88.2 Å². The fourth-order valence-electron chi connectivity index (χ4n) is 5.44. The summed E-state index contributed by atoms with van der Waals surface area (Å²) in [5.74, 6) is 1.92. The molecule has 0 amide bonds. The van der Waals surface area contributed by atoms with Gasteiger partial charge in [0, 0.05) is 11.1 Å². The van der Waals surface area contributed by atoms with Crippen LogP contribution in [0.25, 0.3) is 12.2 Å². The van der Waals surface area contributed by atoms with Gasteiger partial charge >= 0.3 is 0 Å². The Morgan fingerprint density at radius 1 is 0.478 bits per heavy atom. The molecule has 2 nitrogen and oxygen atoms in total. The van der Waals surface area contributed by atoms with Crippen LogP contribution in [0.1, 0.15) is 154 Å². The second-order valence-electron chi connectivity index (χ2n) is 14.5. The minimum atomic E-state index is 0.117.